The minimum atomic E-state index is -1.10. The summed E-state index contributed by atoms with van der Waals surface area (Å²) in [4.78, 5) is 49.0. The summed E-state index contributed by atoms with van der Waals surface area (Å²) in [7, 11) is 0. The Hall–Kier alpha value is -4.19. The Morgan fingerprint density at radius 2 is 1.02 bits per heavy atom. The van der Waals surface area contributed by atoms with Crippen LogP contribution in [0.3, 0.4) is 0 Å². The van der Waals surface area contributed by atoms with Gasteiger partial charge in [0, 0.05) is 32.7 Å². The maximum atomic E-state index is 11.3. The average Bonchev–Trinajstić information content (AvgIpc) is 2.90. The highest BCUT2D eigenvalue weighted by molar-refractivity contribution is 5.72. The van der Waals surface area contributed by atoms with E-state index in [1.54, 1.807) is 0 Å². The number of aryl methyl sites for hydroxylation is 2. The highest BCUT2D eigenvalue weighted by Crippen LogP contribution is 2.16. The quantitative estimate of drug-likeness (QED) is 0.200. The first-order chi connectivity index (χ1) is 20.5. The third-order valence-corrected chi connectivity index (χ3v) is 6.78. The Balaban J connectivity index is 1.85. The van der Waals surface area contributed by atoms with Crippen molar-refractivity contribution in [3.8, 4) is 0 Å². The second-order valence-corrected chi connectivity index (χ2v) is 10.8. The van der Waals surface area contributed by atoms with Crippen molar-refractivity contribution in [3.63, 3.8) is 0 Å². The molecular formula is C32H41N5O6. The number of likely N-dealkylation sites (N-methyl/N-ethyl adjacent to an activating group) is 1. The van der Waals surface area contributed by atoms with Gasteiger partial charge in [0.05, 0.1) is 42.4 Å². The summed E-state index contributed by atoms with van der Waals surface area (Å²) in [6, 6.07) is 18.0. The molecule has 230 valence electrons. The van der Waals surface area contributed by atoms with E-state index < -0.39 is 31.0 Å². The topological polar surface area (TPSA) is 147 Å². The highest BCUT2D eigenvalue weighted by Gasteiger charge is 2.17. The molecule has 11 nitrogen and oxygen atoms in total. The maximum absolute atomic E-state index is 11.3. The lowest BCUT2D eigenvalue weighted by atomic mass is 10.1. The summed E-state index contributed by atoms with van der Waals surface area (Å²) in [5, 5.41) is 27.7. The summed E-state index contributed by atoms with van der Waals surface area (Å²) < 4.78 is 0. The van der Waals surface area contributed by atoms with Crippen LogP contribution in [0.15, 0.2) is 54.6 Å². The minimum absolute atomic E-state index is 0.0532. The van der Waals surface area contributed by atoms with E-state index in [1.807, 2.05) is 68.1 Å². The molecule has 0 saturated heterocycles. The molecule has 11 heteroatoms. The van der Waals surface area contributed by atoms with Crippen LogP contribution in [0.5, 0.6) is 0 Å². The standard InChI is InChI=1S/C32H41N5O6/c1-4-35(20-30(38)39)16-26-12-23(2)13-27(33-26)17-36(11-10-25-8-6-5-7-9-25)18-28-14-24(3)15-29(34-28)19-37(21-31(40)41)22-32(42)43/h5-9,12-15H,4,10-11,16-22H2,1-3H3,(H,38,39)(H,40,41)(H,42,43). The zero-order chi connectivity index (χ0) is 31.4. The maximum Gasteiger partial charge on any atom is 0.317 e. The predicted molar refractivity (Wildman–Crippen MR) is 161 cm³/mol. The van der Waals surface area contributed by atoms with Gasteiger partial charge in [0.15, 0.2) is 0 Å². The molecule has 0 spiro atoms. The number of carboxylic acid groups (broad SMARTS) is 3. The van der Waals surface area contributed by atoms with E-state index in [4.69, 9.17) is 9.97 Å². The first kappa shape index (κ1) is 33.3. The van der Waals surface area contributed by atoms with Crippen molar-refractivity contribution in [1.82, 2.24) is 24.7 Å². The van der Waals surface area contributed by atoms with Gasteiger partial charge >= 0.3 is 17.9 Å². The van der Waals surface area contributed by atoms with Gasteiger partial charge in [0.25, 0.3) is 0 Å². The number of hydrogen-bond donors (Lipinski definition) is 3. The number of hydrogen-bond acceptors (Lipinski definition) is 8. The summed E-state index contributed by atoms with van der Waals surface area (Å²) in [5.74, 6) is -3.08. The molecule has 0 radical (unpaired) electrons. The van der Waals surface area contributed by atoms with Crippen LogP contribution in [0.25, 0.3) is 0 Å². The van der Waals surface area contributed by atoms with Crippen LogP contribution in [0.1, 0.15) is 46.4 Å². The van der Waals surface area contributed by atoms with Gasteiger partial charge in [-0.15, -0.1) is 0 Å². The number of pyridine rings is 2. The predicted octanol–water partition coefficient (Wildman–Crippen LogP) is 3.22. The SMILES string of the molecule is CCN(CC(=O)O)Cc1cc(C)cc(CN(CCc2ccccc2)Cc2cc(C)cc(CN(CC(=O)O)CC(=O)O)n2)n1. The molecule has 0 amide bonds. The van der Waals surface area contributed by atoms with Crippen molar-refractivity contribution < 1.29 is 29.7 Å². The lowest BCUT2D eigenvalue weighted by Crippen LogP contribution is -2.34. The van der Waals surface area contributed by atoms with E-state index in [0.717, 1.165) is 41.2 Å². The fraction of sp³-hybridized carbons (Fsp3) is 0.406. The zero-order valence-corrected chi connectivity index (χ0v) is 25.1. The zero-order valence-electron chi connectivity index (χ0n) is 25.1. The molecule has 43 heavy (non-hydrogen) atoms. The molecule has 3 N–H and O–H groups in total. The summed E-state index contributed by atoms with van der Waals surface area (Å²) >= 11 is 0. The number of carbonyl (C=O) groups is 3. The van der Waals surface area contributed by atoms with Crippen molar-refractivity contribution >= 4 is 17.9 Å². The molecule has 0 fully saturated rings. The number of aliphatic carboxylic acids is 3. The van der Waals surface area contributed by atoms with Crippen molar-refractivity contribution in [3.05, 3.63) is 94.1 Å². The normalized spacial score (nSPS) is 11.4. The van der Waals surface area contributed by atoms with Gasteiger partial charge < -0.3 is 15.3 Å². The molecule has 2 heterocycles. The van der Waals surface area contributed by atoms with E-state index >= 15 is 0 Å². The first-order valence-corrected chi connectivity index (χ1v) is 14.3. The van der Waals surface area contributed by atoms with Gasteiger partial charge in [-0.2, -0.15) is 0 Å². The lowest BCUT2D eigenvalue weighted by molar-refractivity contribution is -0.142. The Morgan fingerprint density at radius 1 is 0.628 bits per heavy atom. The van der Waals surface area contributed by atoms with E-state index in [2.05, 4.69) is 17.0 Å². The van der Waals surface area contributed by atoms with E-state index in [1.165, 1.54) is 10.5 Å². The van der Waals surface area contributed by atoms with Gasteiger partial charge in [-0.25, -0.2) is 0 Å². The van der Waals surface area contributed by atoms with Crippen molar-refractivity contribution in [2.75, 3.05) is 32.7 Å². The van der Waals surface area contributed by atoms with Gasteiger partial charge in [0.1, 0.15) is 0 Å². The molecule has 3 rings (SSSR count). The van der Waals surface area contributed by atoms with E-state index in [9.17, 15) is 29.7 Å². The van der Waals surface area contributed by atoms with E-state index in [0.29, 0.717) is 31.9 Å². The Labute approximate surface area is 252 Å². The average molecular weight is 592 g/mol. The van der Waals surface area contributed by atoms with Crippen molar-refractivity contribution in [1.29, 1.82) is 0 Å². The number of aromatic nitrogens is 2. The number of benzene rings is 1. The van der Waals surface area contributed by atoms with Gasteiger partial charge in [-0.1, -0.05) is 37.3 Å². The van der Waals surface area contributed by atoms with Crippen LogP contribution in [-0.4, -0.2) is 90.6 Å². The summed E-state index contributed by atoms with van der Waals surface area (Å²) in [5.41, 5.74) is 6.28. The molecule has 2 aromatic heterocycles. The molecule has 0 unspecified atom stereocenters. The smallest absolute Gasteiger partial charge is 0.317 e. The fourth-order valence-electron chi connectivity index (χ4n) is 5.04. The highest BCUT2D eigenvalue weighted by atomic mass is 16.4. The van der Waals surface area contributed by atoms with Crippen LogP contribution in [0.4, 0.5) is 0 Å². The third kappa shape index (κ3) is 12.3. The number of nitrogens with zero attached hydrogens (tertiary/aromatic N) is 5. The van der Waals surface area contributed by atoms with Crippen molar-refractivity contribution in [2.45, 2.75) is 53.4 Å². The second kappa shape index (κ2) is 16.4. The van der Waals surface area contributed by atoms with Crippen molar-refractivity contribution in [2.24, 2.45) is 0 Å². The summed E-state index contributed by atoms with van der Waals surface area (Å²) in [6.45, 7) is 7.93. The van der Waals surface area contributed by atoms with E-state index in [-0.39, 0.29) is 13.1 Å². The van der Waals surface area contributed by atoms with Gasteiger partial charge in [-0.3, -0.25) is 39.1 Å². The minimum Gasteiger partial charge on any atom is -0.480 e. The van der Waals surface area contributed by atoms with Crippen LogP contribution in [-0.2, 0) is 47.0 Å². The Kier molecular flexibility index (Phi) is 12.7. The second-order valence-electron chi connectivity index (χ2n) is 10.8. The van der Waals surface area contributed by atoms with Crippen LogP contribution >= 0.6 is 0 Å². The fourth-order valence-corrected chi connectivity index (χ4v) is 5.04. The largest absolute Gasteiger partial charge is 0.480 e. The van der Waals surface area contributed by atoms with Gasteiger partial charge in [-0.05, 0) is 67.8 Å². The molecule has 0 aliphatic heterocycles. The molecule has 3 aromatic rings. The molecule has 0 aliphatic carbocycles. The Morgan fingerprint density at radius 3 is 1.44 bits per heavy atom. The lowest BCUT2D eigenvalue weighted by Gasteiger charge is -2.24. The Bertz CT molecular complexity index is 1370. The third-order valence-electron chi connectivity index (χ3n) is 6.78. The number of carboxylic acids is 3. The van der Waals surface area contributed by atoms with Gasteiger partial charge in [0.2, 0.25) is 0 Å². The van der Waals surface area contributed by atoms with Crippen LogP contribution < -0.4 is 0 Å². The molecule has 0 bridgehead atoms. The monoisotopic (exact) mass is 591 g/mol. The van der Waals surface area contributed by atoms with Crippen LogP contribution in [0, 0.1) is 13.8 Å². The first-order valence-electron chi connectivity index (χ1n) is 14.3. The molecule has 0 atom stereocenters. The molecule has 0 aliphatic rings. The summed E-state index contributed by atoms with van der Waals surface area (Å²) in [6.07, 6.45) is 0.811. The molecule has 1 aromatic carbocycles. The number of rotatable bonds is 18. The molecular weight excluding hydrogens is 550 g/mol. The molecule has 0 saturated carbocycles. The van der Waals surface area contributed by atoms with Crippen LogP contribution in [0.2, 0.25) is 0 Å².